The van der Waals surface area contributed by atoms with Gasteiger partial charge in [0, 0.05) is 22.5 Å². The summed E-state index contributed by atoms with van der Waals surface area (Å²) in [7, 11) is 1.40. The number of hydrogen-bond donors (Lipinski definition) is 1. The third-order valence-corrected chi connectivity index (χ3v) is 3.56. The first-order valence-electron chi connectivity index (χ1n) is 6.72. The second-order valence-electron chi connectivity index (χ2n) is 4.84. The number of ether oxygens (including phenoxy) is 2. The van der Waals surface area contributed by atoms with Gasteiger partial charge in [-0.15, -0.1) is 0 Å². The SMILES string of the molecule is CCOc1ccc(Br)cc1C(N)CC(C)CC(=O)OC. The highest BCUT2D eigenvalue weighted by molar-refractivity contribution is 9.10. The fourth-order valence-corrected chi connectivity index (χ4v) is 2.49. The minimum absolute atomic E-state index is 0.158. The maximum Gasteiger partial charge on any atom is 0.305 e. The smallest absolute Gasteiger partial charge is 0.305 e. The average molecular weight is 344 g/mol. The number of halogens is 1. The van der Waals surface area contributed by atoms with E-state index in [1.807, 2.05) is 32.0 Å². The van der Waals surface area contributed by atoms with Crippen molar-refractivity contribution in [3.8, 4) is 5.75 Å². The largest absolute Gasteiger partial charge is 0.494 e. The van der Waals surface area contributed by atoms with Crippen LogP contribution in [0.4, 0.5) is 0 Å². The van der Waals surface area contributed by atoms with Gasteiger partial charge in [-0.3, -0.25) is 4.79 Å². The molecule has 2 atom stereocenters. The molecular formula is C15H22BrNO3. The van der Waals surface area contributed by atoms with Gasteiger partial charge in [0.15, 0.2) is 0 Å². The van der Waals surface area contributed by atoms with Gasteiger partial charge in [-0.25, -0.2) is 0 Å². The molecule has 0 amide bonds. The number of rotatable bonds is 7. The lowest BCUT2D eigenvalue weighted by Gasteiger charge is -2.20. The molecule has 0 bridgehead atoms. The van der Waals surface area contributed by atoms with Crippen LogP contribution in [-0.4, -0.2) is 19.7 Å². The van der Waals surface area contributed by atoms with Crippen molar-refractivity contribution >= 4 is 21.9 Å². The Kier molecular flexibility index (Phi) is 7.02. The van der Waals surface area contributed by atoms with Gasteiger partial charge in [0.2, 0.25) is 0 Å². The zero-order chi connectivity index (χ0) is 15.1. The monoisotopic (exact) mass is 343 g/mol. The molecular weight excluding hydrogens is 322 g/mol. The number of nitrogens with two attached hydrogens (primary N) is 1. The first-order valence-corrected chi connectivity index (χ1v) is 7.51. The molecule has 0 saturated heterocycles. The van der Waals surface area contributed by atoms with Crippen molar-refractivity contribution < 1.29 is 14.3 Å². The van der Waals surface area contributed by atoms with Crippen molar-refractivity contribution in [2.75, 3.05) is 13.7 Å². The molecule has 0 aliphatic rings. The summed E-state index contributed by atoms with van der Waals surface area (Å²) in [6, 6.07) is 5.64. The second kappa shape index (κ2) is 8.27. The number of benzene rings is 1. The summed E-state index contributed by atoms with van der Waals surface area (Å²) >= 11 is 3.45. The van der Waals surface area contributed by atoms with Gasteiger partial charge in [-0.05, 0) is 37.5 Å². The highest BCUT2D eigenvalue weighted by atomic mass is 79.9. The predicted octanol–water partition coefficient (Wildman–Crippen LogP) is 3.44. The molecule has 0 saturated carbocycles. The van der Waals surface area contributed by atoms with Crippen molar-refractivity contribution in [2.24, 2.45) is 11.7 Å². The number of carbonyl (C=O) groups is 1. The number of methoxy groups -OCH3 is 1. The van der Waals surface area contributed by atoms with Crippen molar-refractivity contribution in [1.82, 2.24) is 0 Å². The van der Waals surface area contributed by atoms with Crippen LogP contribution >= 0.6 is 15.9 Å². The second-order valence-corrected chi connectivity index (χ2v) is 5.76. The fourth-order valence-electron chi connectivity index (χ4n) is 2.11. The molecule has 0 aromatic heterocycles. The molecule has 1 aromatic rings. The molecule has 0 fully saturated rings. The first-order chi connectivity index (χ1) is 9.47. The Balaban J connectivity index is 2.77. The van der Waals surface area contributed by atoms with Gasteiger partial charge in [0.05, 0.1) is 13.7 Å². The molecule has 2 unspecified atom stereocenters. The third-order valence-electron chi connectivity index (χ3n) is 3.07. The lowest BCUT2D eigenvalue weighted by molar-refractivity contribution is -0.141. The van der Waals surface area contributed by atoms with Crippen LogP contribution in [0.1, 0.15) is 38.3 Å². The van der Waals surface area contributed by atoms with Crippen LogP contribution in [0.3, 0.4) is 0 Å². The van der Waals surface area contributed by atoms with Gasteiger partial charge < -0.3 is 15.2 Å². The van der Waals surface area contributed by atoms with Gasteiger partial charge in [0.25, 0.3) is 0 Å². The molecule has 4 nitrogen and oxygen atoms in total. The Morgan fingerprint density at radius 1 is 1.45 bits per heavy atom. The Morgan fingerprint density at radius 3 is 2.75 bits per heavy atom. The Bertz CT molecular complexity index is 451. The van der Waals surface area contributed by atoms with E-state index in [-0.39, 0.29) is 17.9 Å². The Morgan fingerprint density at radius 2 is 2.15 bits per heavy atom. The molecule has 1 aromatic carbocycles. The van der Waals surface area contributed by atoms with E-state index < -0.39 is 0 Å². The van der Waals surface area contributed by atoms with Crippen LogP contribution < -0.4 is 10.5 Å². The molecule has 1 rings (SSSR count). The Hall–Kier alpha value is -1.07. The van der Waals surface area contributed by atoms with Crippen molar-refractivity contribution in [3.05, 3.63) is 28.2 Å². The maximum atomic E-state index is 11.3. The third kappa shape index (κ3) is 5.13. The van der Waals surface area contributed by atoms with E-state index in [1.54, 1.807) is 0 Å². The van der Waals surface area contributed by atoms with E-state index in [1.165, 1.54) is 7.11 Å². The fraction of sp³-hybridized carbons (Fsp3) is 0.533. The summed E-state index contributed by atoms with van der Waals surface area (Å²) in [6.45, 7) is 4.53. The van der Waals surface area contributed by atoms with Gasteiger partial charge >= 0.3 is 5.97 Å². The van der Waals surface area contributed by atoms with Gasteiger partial charge in [-0.1, -0.05) is 22.9 Å². The van der Waals surface area contributed by atoms with Gasteiger partial charge in [0.1, 0.15) is 5.75 Å². The molecule has 0 aliphatic heterocycles. The molecule has 20 heavy (non-hydrogen) atoms. The molecule has 0 radical (unpaired) electrons. The summed E-state index contributed by atoms with van der Waals surface area (Å²) in [4.78, 5) is 11.3. The van der Waals surface area contributed by atoms with Crippen LogP contribution in [0.25, 0.3) is 0 Å². The number of esters is 1. The lowest BCUT2D eigenvalue weighted by atomic mass is 9.94. The van der Waals surface area contributed by atoms with Crippen LogP contribution in [0, 0.1) is 5.92 Å². The molecule has 0 spiro atoms. The topological polar surface area (TPSA) is 61.5 Å². The average Bonchev–Trinajstić information content (AvgIpc) is 2.40. The van der Waals surface area contributed by atoms with Crippen molar-refractivity contribution in [2.45, 2.75) is 32.7 Å². The van der Waals surface area contributed by atoms with Crippen LogP contribution in [0.5, 0.6) is 5.75 Å². The minimum Gasteiger partial charge on any atom is -0.494 e. The molecule has 0 aliphatic carbocycles. The zero-order valence-corrected chi connectivity index (χ0v) is 13.8. The van der Waals surface area contributed by atoms with Crippen LogP contribution in [0.2, 0.25) is 0 Å². The minimum atomic E-state index is -0.205. The van der Waals surface area contributed by atoms with E-state index in [2.05, 4.69) is 20.7 Å². The highest BCUT2D eigenvalue weighted by Gasteiger charge is 2.18. The summed E-state index contributed by atoms with van der Waals surface area (Å²) in [6.07, 6.45) is 1.08. The van der Waals surface area contributed by atoms with E-state index in [0.29, 0.717) is 19.4 Å². The lowest BCUT2D eigenvalue weighted by Crippen LogP contribution is -2.17. The zero-order valence-electron chi connectivity index (χ0n) is 12.2. The van der Waals surface area contributed by atoms with Gasteiger partial charge in [-0.2, -0.15) is 0 Å². The molecule has 112 valence electrons. The Labute approximate surface area is 128 Å². The summed E-state index contributed by atoms with van der Waals surface area (Å²) < 4.78 is 11.2. The molecule has 0 heterocycles. The van der Waals surface area contributed by atoms with E-state index in [9.17, 15) is 4.79 Å². The first kappa shape index (κ1) is 17.0. The summed E-state index contributed by atoms with van der Waals surface area (Å²) in [5.41, 5.74) is 7.22. The summed E-state index contributed by atoms with van der Waals surface area (Å²) in [5.74, 6) is 0.753. The number of carbonyl (C=O) groups excluding carboxylic acids is 1. The molecule has 2 N–H and O–H groups in total. The highest BCUT2D eigenvalue weighted by Crippen LogP contribution is 2.31. The van der Waals surface area contributed by atoms with Crippen LogP contribution in [-0.2, 0) is 9.53 Å². The van der Waals surface area contributed by atoms with E-state index in [0.717, 1.165) is 15.8 Å². The van der Waals surface area contributed by atoms with Crippen molar-refractivity contribution in [3.63, 3.8) is 0 Å². The van der Waals surface area contributed by atoms with Crippen molar-refractivity contribution in [1.29, 1.82) is 0 Å². The molecule has 5 heteroatoms. The van der Waals surface area contributed by atoms with E-state index >= 15 is 0 Å². The van der Waals surface area contributed by atoms with Crippen LogP contribution in [0.15, 0.2) is 22.7 Å². The number of hydrogen-bond acceptors (Lipinski definition) is 4. The quantitative estimate of drug-likeness (QED) is 0.770. The normalized spacial score (nSPS) is 13.7. The standard InChI is InChI=1S/C15H22BrNO3/c1-4-20-14-6-5-11(16)9-12(14)13(17)7-10(2)8-15(18)19-3/h5-6,9-10,13H,4,7-8,17H2,1-3H3. The van der Waals surface area contributed by atoms with E-state index in [4.69, 9.17) is 10.5 Å². The summed E-state index contributed by atoms with van der Waals surface area (Å²) in [5, 5.41) is 0. The maximum absolute atomic E-state index is 11.3. The predicted molar refractivity (Wildman–Crippen MR) is 82.7 cm³/mol.